The van der Waals surface area contributed by atoms with Gasteiger partial charge < -0.3 is 19.9 Å². The number of carbonyl (C=O) groups is 2. The van der Waals surface area contributed by atoms with E-state index in [-0.39, 0.29) is 23.6 Å². The number of amides is 2. The number of carbonyl (C=O) groups excluding carboxylic acids is 2. The Bertz CT molecular complexity index is 907. The van der Waals surface area contributed by atoms with Crippen LogP contribution in [0.5, 0.6) is 0 Å². The molecular formula is C23H32F2N4O3. The molecule has 0 fully saturated rings. The molecule has 1 aromatic heterocycles. The maximum absolute atomic E-state index is 13.4. The Hall–Kier alpha value is -2.81. The van der Waals surface area contributed by atoms with Crippen LogP contribution < -0.4 is 10.6 Å². The van der Waals surface area contributed by atoms with Crippen LogP contribution in [0.25, 0.3) is 0 Å². The Morgan fingerprint density at radius 3 is 2.44 bits per heavy atom. The summed E-state index contributed by atoms with van der Waals surface area (Å²) in [5.41, 5.74) is -0.169. The van der Waals surface area contributed by atoms with Gasteiger partial charge in [-0.15, -0.1) is 0 Å². The molecule has 1 atom stereocenters. The molecule has 0 saturated carbocycles. The van der Waals surface area contributed by atoms with Crippen molar-refractivity contribution >= 4 is 17.6 Å². The highest BCUT2D eigenvalue weighted by Crippen LogP contribution is 2.19. The first-order valence-corrected chi connectivity index (χ1v) is 10.7. The van der Waals surface area contributed by atoms with Gasteiger partial charge in [0.15, 0.2) is 5.82 Å². The number of nitrogens with one attached hydrogen (secondary N) is 2. The van der Waals surface area contributed by atoms with Crippen LogP contribution >= 0.6 is 0 Å². The van der Waals surface area contributed by atoms with Crippen LogP contribution in [0.15, 0.2) is 30.7 Å². The van der Waals surface area contributed by atoms with E-state index in [1.54, 1.807) is 12.5 Å². The molecule has 2 rings (SSSR count). The minimum absolute atomic E-state index is 0.0965. The van der Waals surface area contributed by atoms with Gasteiger partial charge >= 0.3 is 0 Å². The van der Waals surface area contributed by atoms with E-state index in [2.05, 4.69) is 15.6 Å². The van der Waals surface area contributed by atoms with Gasteiger partial charge in [-0.05, 0) is 51.8 Å². The number of hydrogen-bond donors (Lipinski definition) is 2. The van der Waals surface area contributed by atoms with Gasteiger partial charge in [0.05, 0.1) is 31.0 Å². The van der Waals surface area contributed by atoms with Crippen LogP contribution in [0.1, 0.15) is 53.0 Å². The van der Waals surface area contributed by atoms with Crippen LogP contribution in [-0.4, -0.2) is 40.1 Å². The van der Waals surface area contributed by atoms with Crippen LogP contribution in [0.4, 0.5) is 14.6 Å². The van der Waals surface area contributed by atoms with Gasteiger partial charge in [0.2, 0.25) is 11.8 Å². The Morgan fingerprint density at radius 1 is 1.19 bits per heavy atom. The quantitative estimate of drug-likeness (QED) is 0.546. The number of rotatable bonds is 11. The maximum atomic E-state index is 13.4. The molecule has 176 valence electrons. The predicted molar refractivity (Wildman–Crippen MR) is 118 cm³/mol. The van der Waals surface area contributed by atoms with E-state index < -0.39 is 29.5 Å². The lowest BCUT2D eigenvalue weighted by molar-refractivity contribution is -0.126. The molecule has 2 aromatic rings. The lowest BCUT2D eigenvalue weighted by Crippen LogP contribution is -2.44. The largest absolute Gasteiger partial charge is 0.376 e. The SMILES string of the molecule is CCCC(NC(=O)Cc1cc(F)cc(F)c1)C(=O)Nc1cn(C(C)(C)COC(C)C)cn1. The molecule has 0 radical (unpaired) electrons. The Morgan fingerprint density at radius 2 is 1.84 bits per heavy atom. The van der Waals surface area contributed by atoms with E-state index in [1.807, 2.05) is 39.2 Å². The van der Waals surface area contributed by atoms with Crippen molar-refractivity contribution in [3.8, 4) is 0 Å². The van der Waals surface area contributed by atoms with Crippen molar-refractivity contribution in [3.63, 3.8) is 0 Å². The van der Waals surface area contributed by atoms with E-state index in [0.717, 1.165) is 18.2 Å². The van der Waals surface area contributed by atoms with Gasteiger partial charge in [-0.1, -0.05) is 13.3 Å². The second-order valence-electron chi connectivity index (χ2n) is 8.69. The third-order valence-electron chi connectivity index (χ3n) is 4.82. The Labute approximate surface area is 187 Å². The van der Waals surface area contributed by atoms with Crippen molar-refractivity contribution in [2.75, 3.05) is 11.9 Å². The molecule has 2 amide bonds. The topological polar surface area (TPSA) is 85.2 Å². The predicted octanol–water partition coefficient (Wildman–Crippen LogP) is 3.79. The summed E-state index contributed by atoms with van der Waals surface area (Å²) in [7, 11) is 0. The first-order valence-electron chi connectivity index (χ1n) is 10.7. The number of benzene rings is 1. The molecule has 0 spiro atoms. The third-order valence-corrected chi connectivity index (χ3v) is 4.82. The zero-order valence-electron chi connectivity index (χ0n) is 19.2. The zero-order valence-corrected chi connectivity index (χ0v) is 19.2. The fourth-order valence-electron chi connectivity index (χ4n) is 3.08. The summed E-state index contributed by atoms with van der Waals surface area (Å²) in [5, 5.41) is 5.37. The molecule has 0 aliphatic rings. The van der Waals surface area contributed by atoms with Crippen molar-refractivity contribution in [3.05, 3.63) is 47.9 Å². The number of anilines is 1. The molecule has 32 heavy (non-hydrogen) atoms. The lowest BCUT2D eigenvalue weighted by atomic mass is 10.1. The molecule has 1 heterocycles. The molecular weight excluding hydrogens is 418 g/mol. The summed E-state index contributed by atoms with van der Waals surface area (Å²) in [6, 6.07) is 2.13. The van der Waals surface area contributed by atoms with Gasteiger partial charge in [0.1, 0.15) is 17.7 Å². The standard InChI is InChI=1S/C23H32F2N4O3/c1-6-7-19(27-21(30)10-16-8-17(24)11-18(25)9-16)22(31)28-20-12-29(14-26-20)23(4,5)13-32-15(2)3/h8-9,11-12,14-15,19H,6-7,10,13H2,1-5H3,(H,27,30)(H,28,31). The highest BCUT2D eigenvalue weighted by molar-refractivity contribution is 5.96. The molecule has 2 N–H and O–H groups in total. The Balaban J connectivity index is 2.01. The van der Waals surface area contributed by atoms with Crippen molar-refractivity contribution in [2.24, 2.45) is 0 Å². The molecule has 1 unspecified atom stereocenters. The number of ether oxygens (including phenoxy) is 1. The fourth-order valence-corrected chi connectivity index (χ4v) is 3.08. The summed E-state index contributed by atoms with van der Waals surface area (Å²) in [6.45, 7) is 10.3. The van der Waals surface area contributed by atoms with Crippen molar-refractivity contribution in [1.82, 2.24) is 14.9 Å². The minimum Gasteiger partial charge on any atom is -0.376 e. The average Bonchev–Trinajstić information content (AvgIpc) is 3.14. The number of aromatic nitrogens is 2. The smallest absolute Gasteiger partial charge is 0.248 e. The summed E-state index contributed by atoms with van der Waals surface area (Å²) in [6.07, 6.45) is 4.25. The molecule has 9 heteroatoms. The molecule has 0 saturated heterocycles. The van der Waals surface area contributed by atoms with Crippen LogP contribution in [0.3, 0.4) is 0 Å². The molecule has 0 bridgehead atoms. The summed E-state index contributed by atoms with van der Waals surface area (Å²) >= 11 is 0. The highest BCUT2D eigenvalue weighted by Gasteiger charge is 2.24. The minimum atomic E-state index is -0.798. The van der Waals surface area contributed by atoms with Gasteiger partial charge in [0.25, 0.3) is 0 Å². The van der Waals surface area contributed by atoms with Gasteiger partial charge in [-0.3, -0.25) is 9.59 Å². The first kappa shape index (κ1) is 25.5. The first-order chi connectivity index (χ1) is 15.0. The summed E-state index contributed by atoms with van der Waals surface area (Å²) < 4.78 is 34.3. The van der Waals surface area contributed by atoms with Crippen LogP contribution in [0.2, 0.25) is 0 Å². The Kier molecular flexibility index (Phi) is 8.89. The van der Waals surface area contributed by atoms with E-state index in [1.165, 1.54) is 0 Å². The molecule has 7 nitrogen and oxygen atoms in total. The van der Waals surface area contributed by atoms with Crippen LogP contribution in [0, 0.1) is 11.6 Å². The average molecular weight is 451 g/mol. The van der Waals surface area contributed by atoms with Crippen molar-refractivity contribution < 1.29 is 23.1 Å². The van der Waals surface area contributed by atoms with Gasteiger partial charge in [0, 0.05) is 12.3 Å². The van der Waals surface area contributed by atoms with E-state index in [0.29, 0.717) is 25.3 Å². The zero-order chi connectivity index (χ0) is 23.9. The van der Waals surface area contributed by atoms with E-state index in [4.69, 9.17) is 4.74 Å². The summed E-state index contributed by atoms with van der Waals surface area (Å²) in [5.74, 6) is -2.07. The van der Waals surface area contributed by atoms with E-state index >= 15 is 0 Å². The van der Waals surface area contributed by atoms with Crippen LogP contribution in [-0.2, 0) is 26.3 Å². The number of imidazole rings is 1. The van der Waals surface area contributed by atoms with Gasteiger partial charge in [-0.2, -0.15) is 0 Å². The van der Waals surface area contributed by atoms with E-state index in [9.17, 15) is 18.4 Å². The summed E-state index contributed by atoms with van der Waals surface area (Å²) in [4.78, 5) is 29.4. The molecule has 1 aromatic carbocycles. The number of hydrogen-bond acceptors (Lipinski definition) is 4. The molecule has 0 aliphatic heterocycles. The second-order valence-corrected chi connectivity index (χ2v) is 8.69. The van der Waals surface area contributed by atoms with Crippen molar-refractivity contribution in [1.29, 1.82) is 0 Å². The number of nitrogens with zero attached hydrogens (tertiary/aromatic N) is 2. The van der Waals surface area contributed by atoms with Crippen molar-refractivity contribution in [2.45, 2.75) is 71.6 Å². The van der Waals surface area contributed by atoms with Gasteiger partial charge in [-0.25, -0.2) is 13.8 Å². The normalized spacial score (nSPS) is 12.6. The molecule has 0 aliphatic carbocycles. The third kappa shape index (κ3) is 7.71. The maximum Gasteiger partial charge on any atom is 0.248 e. The highest BCUT2D eigenvalue weighted by atomic mass is 19.1. The second kappa shape index (κ2) is 11.2. The lowest BCUT2D eigenvalue weighted by Gasteiger charge is -2.27. The monoisotopic (exact) mass is 450 g/mol. The number of halogens is 2. The fraction of sp³-hybridized carbons (Fsp3) is 0.522.